The van der Waals surface area contributed by atoms with Gasteiger partial charge in [0.2, 0.25) is 5.91 Å². The predicted octanol–water partition coefficient (Wildman–Crippen LogP) is 0.977. The lowest BCUT2D eigenvalue weighted by Crippen LogP contribution is -2.43. The molecule has 6 heteroatoms. The molecule has 1 aromatic rings. The SMILES string of the molecule is Cc1nnc2n1C[C@@H](NC(=O)COC1CCCC1)CC2. The van der Waals surface area contributed by atoms with Gasteiger partial charge in [-0.3, -0.25) is 4.79 Å². The minimum absolute atomic E-state index is 0.00363. The molecule has 0 radical (unpaired) electrons. The quantitative estimate of drug-likeness (QED) is 0.891. The van der Waals surface area contributed by atoms with Crippen LogP contribution in [0.1, 0.15) is 43.8 Å². The summed E-state index contributed by atoms with van der Waals surface area (Å²) in [5, 5.41) is 11.3. The minimum Gasteiger partial charge on any atom is -0.368 e. The van der Waals surface area contributed by atoms with Crippen molar-refractivity contribution < 1.29 is 9.53 Å². The van der Waals surface area contributed by atoms with E-state index >= 15 is 0 Å². The third-order valence-corrected chi connectivity index (χ3v) is 4.25. The topological polar surface area (TPSA) is 69.0 Å². The molecule has 1 aromatic heterocycles. The van der Waals surface area contributed by atoms with Crippen molar-refractivity contribution in [3.8, 4) is 0 Å². The molecule has 0 spiro atoms. The van der Waals surface area contributed by atoms with Gasteiger partial charge in [-0.1, -0.05) is 12.8 Å². The van der Waals surface area contributed by atoms with Crippen molar-refractivity contribution in [2.24, 2.45) is 0 Å². The lowest BCUT2D eigenvalue weighted by Gasteiger charge is -2.25. The summed E-state index contributed by atoms with van der Waals surface area (Å²) in [4.78, 5) is 11.9. The molecule has 20 heavy (non-hydrogen) atoms. The number of aryl methyl sites for hydroxylation is 2. The van der Waals surface area contributed by atoms with E-state index in [1.807, 2.05) is 6.92 Å². The zero-order chi connectivity index (χ0) is 13.9. The van der Waals surface area contributed by atoms with Crippen LogP contribution >= 0.6 is 0 Å². The van der Waals surface area contributed by atoms with Crippen LogP contribution in [0.25, 0.3) is 0 Å². The molecule has 1 aliphatic heterocycles. The van der Waals surface area contributed by atoms with E-state index < -0.39 is 0 Å². The lowest BCUT2D eigenvalue weighted by molar-refractivity contribution is -0.128. The number of carbonyl (C=O) groups excluding carboxylic acids is 1. The maximum atomic E-state index is 11.9. The summed E-state index contributed by atoms with van der Waals surface area (Å²) < 4.78 is 7.73. The van der Waals surface area contributed by atoms with Crippen LogP contribution in [0.4, 0.5) is 0 Å². The van der Waals surface area contributed by atoms with Crippen LogP contribution in [0.2, 0.25) is 0 Å². The van der Waals surface area contributed by atoms with Crippen molar-refractivity contribution in [1.82, 2.24) is 20.1 Å². The third kappa shape index (κ3) is 3.00. The third-order valence-electron chi connectivity index (χ3n) is 4.25. The summed E-state index contributed by atoms with van der Waals surface area (Å²) in [7, 11) is 0. The Hall–Kier alpha value is -1.43. The molecule has 0 saturated heterocycles. The van der Waals surface area contributed by atoms with Crippen molar-refractivity contribution in [2.75, 3.05) is 6.61 Å². The van der Waals surface area contributed by atoms with E-state index in [9.17, 15) is 4.79 Å². The molecule has 2 aliphatic rings. The average molecular weight is 278 g/mol. The normalized spacial score (nSPS) is 22.8. The first-order valence-corrected chi connectivity index (χ1v) is 7.52. The highest BCUT2D eigenvalue weighted by atomic mass is 16.5. The van der Waals surface area contributed by atoms with Gasteiger partial charge in [-0.2, -0.15) is 0 Å². The maximum absolute atomic E-state index is 11.9. The number of hydrogen-bond donors (Lipinski definition) is 1. The second-order valence-corrected chi connectivity index (χ2v) is 5.79. The Labute approximate surface area is 118 Å². The highest BCUT2D eigenvalue weighted by molar-refractivity contribution is 5.77. The van der Waals surface area contributed by atoms with Gasteiger partial charge in [0.1, 0.15) is 18.3 Å². The number of nitrogens with one attached hydrogen (secondary N) is 1. The summed E-state index contributed by atoms with van der Waals surface area (Å²) in [6.07, 6.45) is 6.73. The van der Waals surface area contributed by atoms with Crippen LogP contribution in [-0.4, -0.2) is 39.4 Å². The van der Waals surface area contributed by atoms with E-state index in [2.05, 4.69) is 20.1 Å². The first kappa shape index (κ1) is 13.5. The summed E-state index contributed by atoms with van der Waals surface area (Å²) >= 11 is 0. The molecule has 1 atom stereocenters. The second kappa shape index (κ2) is 5.91. The Kier molecular flexibility index (Phi) is 4.00. The molecule has 0 aromatic carbocycles. The number of hydrogen-bond acceptors (Lipinski definition) is 4. The number of amides is 1. The van der Waals surface area contributed by atoms with Crippen LogP contribution in [0, 0.1) is 6.92 Å². The van der Waals surface area contributed by atoms with Gasteiger partial charge in [-0.25, -0.2) is 0 Å². The Morgan fingerprint density at radius 2 is 2.15 bits per heavy atom. The van der Waals surface area contributed by atoms with Crippen molar-refractivity contribution in [3.05, 3.63) is 11.6 Å². The van der Waals surface area contributed by atoms with Gasteiger partial charge in [-0.05, 0) is 26.2 Å². The van der Waals surface area contributed by atoms with E-state index in [-0.39, 0.29) is 18.6 Å². The van der Waals surface area contributed by atoms with Gasteiger partial charge in [0.25, 0.3) is 0 Å². The molecule has 1 saturated carbocycles. The van der Waals surface area contributed by atoms with Gasteiger partial charge in [0, 0.05) is 19.0 Å². The van der Waals surface area contributed by atoms with E-state index in [4.69, 9.17) is 4.74 Å². The Morgan fingerprint density at radius 3 is 2.95 bits per heavy atom. The van der Waals surface area contributed by atoms with E-state index in [0.717, 1.165) is 43.9 Å². The van der Waals surface area contributed by atoms with E-state index in [1.165, 1.54) is 12.8 Å². The number of rotatable bonds is 4. The average Bonchev–Trinajstić information content (AvgIpc) is 3.07. The second-order valence-electron chi connectivity index (χ2n) is 5.79. The standard InChI is InChI=1S/C14H22N4O2/c1-10-16-17-13-7-6-11(8-18(10)13)15-14(19)9-20-12-4-2-3-5-12/h11-12H,2-9H2,1H3,(H,15,19)/t11-/m0/s1. The molecular formula is C14H22N4O2. The Bertz CT molecular complexity index is 480. The van der Waals surface area contributed by atoms with Crippen LogP contribution in [-0.2, 0) is 22.5 Å². The molecule has 1 aliphatic carbocycles. The molecule has 1 N–H and O–H groups in total. The zero-order valence-corrected chi connectivity index (χ0v) is 12.0. The van der Waals surface area contributed by atoms with Gasteiger partial charge in [0.05, 0.1) is 6.10 Å². The molecule has 110 valence electrons. The molecule has 0 unspecified atom stereocenters. The number of aromatic nitrogens is 3. The molecule has 1 amide bonds. The van der Waals surface area contributed by atoms with Crippen molar-refractivity contribution in [1.29, 1.82) is 0 Å². The molecule has 3 rings (SSSR count). The molecular weight excluding hydrogens is 256 g/mol. The highest BCUT2D eigenvalue weighted by Crippen LogP contribution is 2.20. The van der Waals surface area contributed by atoms with Gasteiger partial charge < -0.3 is 14.6 Å². The fourth-order valence-electron chi connectivity index (χ4n) is 3.10. The maximum Gasteiger partial charge on any atom is 0.246 e. The molecule has 1 fully saturated rings. The summed E-state index contributed by atoms with van der Waals surface area (Å²) in [6.45, 7) is 2.91. The summed E-state index contributed by atoms with van der Waals surface area (Å²) in [5.41, 5.74) is 0. The minimum atomic E-state index is -0.00363. The molecule has 6 nitrogen and oxygen atoms in total. The van der Waals surface area contributed by atoms with Crippen LogP contribution in [0.3, 0.4) is 0 Å². The first-order valence-electron chi connectivity index (χ1n) is 7.52. The Balaban J connectivity index is 1.46. The number of carbonyl (C=O) groups is 1. The van der Waals surface area contributed by atoms with Crippen LogP contribution < -0.4 is 5.32 Å². The Morgan fingerprint density at radius 1 is 1.35 bits per heavy atom. The zero-order valence-electron chi connectivity index (χ0n) is 12.0. The van der Waals surface area contributed by atoms with Gasteiger partial charge in [0.15, 0.2) is 0 Å². The molecule has 2 heterocycles. The van der Waals surface area contributed by atoms with Crippen molar-refractivity contribution >= 4 is 5.91 Å². The van der Waals surface area contributed by atoms with Crippen molar-refractivity contribution in [3.63, 3.8) is 0 Å². The predicted molar refractivity (Wildman–Crippen MR) is 73.2 cm³/mol. The first-order chi connectivity index (χ1) is 9.72. The largest absolute Gasteiger partial charge is 0.368 e. The van der Waals surface area contributed by atoms with Crippen molar-refractivity contribution in [2.45, 2.75) is 64.1 Å². The van der Waals surface area contributed by atoms with Crippen LogP contribution in [0.15, 0.2) is 0 Å². The number of fused-ring (bicyclic) bond motifs is 1. The number of nitrogens with zero attached hydrogens (tertiary/aromatic N) is 3. The highest BCUT2D eigenvalue weighted by Gasteiger charge is 2.23. The smallest absolute Gasteiger partial charge is 0.246 e. The van der Waals surface area contributed by atoms with Gasteiger partial charge in [-0.15, -0.1) is 10.2 Å². The van der Waals surface area contributed by atoms with Gasteiger partial charge >= 0.3 is 0 Å². The monoisotopic (exact) mass is 278 g/mol. The lowest BCUT2D eigenvalue weighted by atomic mass is 10.1. The fraction of sp³-hybridized carbons (Fsp3) is 0.786. The summed E-state index contributed by atoms with van der Waals surface area (Å²) in [5.74, 6) is 1.94. The number of ether oxygens (including phenoxy) is 1. The van der Waals surface area contributed by atoms with E-state index in [0.29, 0.717) is 6.10 Å². The molecule has 0 bridgehead atoms. The fourth-order valence-corrected chi connectivity index (χ4v) is 3.10. The van der Waals surface area contributed by atoms with Crippen LogP contribution in [0.5, 0.6) is 0 Å². The summed E-state index contributed by atoms with van der Waals surface area (Å²) in [6, 6.07) is 0.164. The van der Waals surface area contributed by atoms with E-state index in [1.54, 1.807) is 0 Å².